The van der Waals surface area contributed by atoms with Gasteiger partial charge in [-0.25, -0.2) is 13.1 Å². The second kappa shape index (κ2) is 8.89. The van der Waals surface area contributed by atoms with Crippen LogP contribution in [0.2, 0.25) is 0 Å². The smallest absolute Gasteiger partial charge is 0.252 e. The number of hydrogen-bond acceptors (Lipinski definition) is 5. The molecule has 0 saturated heterocycles. The number of methoxy groups -OCH3 is 1. The Balaban J connectivity index is 1.61. The van der Waals surface area contributed by atoms with E-state index in [1.807, 2.05) is 48.5 Å². The molecule has 0 atom stereocenters. The molecule has 8 heteroatoms. The Hall–Kier alpha value is -3.20. The van der Waals surface area contributed by atoms with Crippen molar-refractivity contribution in [3.05, 3.63) is 89.5 Å². The maximum atomic E-state index is 13.1. The zero-order valence-electron chi connectivity index (χ0n) is 16.9. The summed E-state index contributed by atoms with van der Waals surface area (Å²) in [5.41, 5.74) is 1.91. The van der Waals surface area contributed by atoms with Crippen molar-refractivity contribution >= 4 is 15.9 Å². The molecular formula is C23H22N2O5S. The third-order valence-electron chi connectivity index (χ3n) is 4.96. The monoisotopic (exact) mass is 438 g/mol. The molecular weight excluding hydrogens is 416 g/mol. The van der Waals surface area contributed by atoms with Crippen LogP contribution in [0.3, 0.4) is 0 Å². The highest BCUT2D eigenvalue weighted by Crippen LogP contribution is 2.42. The van der Waals surface area contributed by atoms with E-state index in [0.717, 1.165) is 11.1 Å². The van der Waals surface area contributed by atoms with Crippen LogP contribution in [0.25, 0.3) is 0 Å². The highest BCUT2D eigenvalue weighted by Gasteiger charge is 2.28. The Kier molecular flexibility index (Phi) is 6.03. The van der Waals surface area contributed by atoms with Gasteiger partial charge >= 0.3 is 0 Å². The number of benzene rings is 3. The van der Waals surface area contributed by atoms with Gasteiger partial charge in [-0.15, -0.1) is 0 Å². The van der Waals surface area contributed by atoms with Gasteiger partial charge in [0.05, 0.1) is 17.5 Å². The molecule has 0 saturated carbocycles. The van der Waals surface area contributed by atoms with Crippen LogP contribution in [0, 0.1) is 0 Å². The number of carbonyl (C=O) groups is 1. The largest absolute Gasteiger partial charge is 0.457 e. The molecule has 2 N–H and O–H groups in total. The topological polar surface area (TPSA) is 93.7 Å². The van der Waals surface area contributed by atoms with Gasteiger partial charge in [0.2, 0.25) is 10.0 Å². The summed E-state index contributed by atoms with van der Waals surface area (Å²) in [6.45, 7) is 0.396. The van der Waals surface area contributed by atoms with E-state index in [-0.39, 0.29) is 29.5 Å². The van der Waals surface area contributed by atoms with E-state index in [0.29, 0.717) is 11.5 Å². The SMILES string of the molecule is COCCNS(=O)(=O)c1cccc(C(=O)NC2c3ccccc3Oc3ccccc32)c1. The van der Waals surface area contributed by atoms with Gasteiger partial charge in [-0.05, 0) is 30.3 Å². The molecule has 1 amide bonds. The molecule has 3 aromatic rings. The van der Waals surface area contributed by atoms with Gasteiger partial charge in [0.15, 0.2) is 0 Å². The van der Waals surface area contributed by atoms with E-state index in [2.05, 4.69) is 10.0 Å². The lowest BCUT2D eigenvalue weighted by molar-refractivity contribution is 0.0941. The first-order valence-corrected chi connectivity index (χ1v) is 11.2. The number of carbonyl (C=O) groups excluding carboxylic acids is 1. The Morgan fingerprint density at radius 2 is 1.61 bits per heavy atom. The number of rotatable bonds is 7. The summed E-state index contributed by atoms with van der Waals surface area (Å²) in [5.74, 6) is 0.959. The summed E-state index contributed by atoms with van der Waals surface area (Å²) in [5, 5.41) is 3.02. The van der Waals surface area contributed by atoms with Gasteiger partial charge in [0.1, 0.15) is 11.5 Å². The molecule has 0 spiro atoms. The van der Waals surface area contributed by atoms with Crippen LogP contribution in [0.5, 0.6) is 11.5 Å². The Labute approximate surface area is 181 Å². The minimum absolute atomic E-state index is 0.0176. The average Bonchev–Trinajstić information content (AvgIpc) is 2.79. The lowest BCUT2D eigenvalue weighted by Crippen LogP contribution is -2.31. The van der Waals surface area contributed by atoms with E-state index < -0.39 is 16.1 Å². The van der Waals surface area contributed by atoms with E-state index in [4.69, 9.17) is 9.47 Å². The minimum atomic E-state index is -3.75. The van der Waals surface area contributed by atoms with Crippen molar-refractivity contribution in [1.29, 1.82) is 0 Å². The number of amides is 1. The van der Waals surface area contributed by atoms with Crippen molar-refractivity contribution in [2.24, 2.45) is 0 Å². The van der Waals surface area contributed by atoms with Crippen LogP contribution in [0.4, 0.5) is 0 Å². The lowest BCUT2D eigenvalue weighted by Gasteiger charge is -2.28. The third kappa shape index (κ3) is 4.46. The molecule has 1 heterocycles. The van der Waals surface area contributed by atoms with Crippen LogP contribution in [0.15, 0.2) is 77.7 Å². The summed E-state index contributed by atoms with van der Waals surface area (Å²) in [4.78, 5) is 13.1. The molecule has 0 aliphatic carbocycles. The molecule has 0 radical (unpaired) electrons. The number of fused-ring (bicyclic) bond motifs is 2. The first-order chi connectivity index (χ1) is 15.0. The van der Waals surface area contributed by atoms with Crippen molar-refractivity contribution < 1.29 is 22.7 Å². The van der Waals surface area contributed by atoms with E-state index >= 15 is 0 Å². The Bertz CT molecular complexity index is 1160. The maximum Gasteiger partial charge on any atom is 0.252 e. The Morgan fingerprint density at radius 3 is 2.26 bits per heavy atom. The number of para-hydroxylation sites is 2. The quantitative estimate of drug-likeness (QED) is 0.553. The van der Waals surface area contributed by atoms with E-state index in [9.17, 15) is 13.2 Å². The molecule has 0 unspecified atom stereocenters. The predicted octanol–water partition coefficient (Wildman–Crippen LogP) is 3.24. The molecule has 0 bridgehead atoms. The molecule has 0 aromatic heterocycles. The summed E-state index contributed by atoms with van der Waals surface area (Å²) >= 11 is 0. The fraction of sp³-hybridized carbons (Fsp3) is 0.174. The molecule has 7 nitrogen and oxygen atoms in total. The summed E-state index contributed by atoms with van der Waals surface area (Å²) in [7, 11) is -2.26. The molecule has 31 heavy (non-hydrogen) atoms. The summed E-state index contributed by atoms with van der Waals surface area (Å²) in [6.07, 6.45) is 0. The molecule has 3 aromatic carbocycles. The van der Waals surface area contributed by atoms with Crippen molar-refractivity contribution in [2.75, 3.05) is 20.3 Å². The van der Waals surface area contributed by atoms with Gasteiger partial charge in [-0.1, -0.05) is 42.5 Å². The second-order valence-corrected chi connectivity index (χ2v) is 8.77. The number of ether oxygens (including phenoxy) is 2. The zero-order chi connectivity index (χ0) is 21.8. The predicted molar refractivity (Wildman–Crippen MR) is 116 cm³/mol. The lowest BCUT2D eigenvalue weighted by atomic mass is 9.94. The number of hydrogen-bond donors (Lipinski definition) is 2. The van der Waals surface area contributed by atoms with E-state index in [1.54, 1.807) is 12.1 Å². The minimum Gasteiger partial charge on any atom is -0.457 e. The molecule has 1 aliphatic rings. The molecule has 4 rings (SSSR count). The van der Waals surface area contributed by atoms with Crippen LogP contribution in [-0.4, -0.2) is 34.6 Å². The third-order valence-corrected chi connectivity index (χ3v) is 6.42. The normalized spacial score (nSPS) is 13.1. The summed E-state index contributed by atoms with van der Waals surface area (Å²) < 4.78 is 38.2. The second-order valence-electron chi connectivity index (χ2n) is 7.00. The van der Waals surface area contributed by atoms with Crippen LogP contribution < -0.4 is 14.8 Å². The van der Waals surface area contributed by atoms with Gasteiger partial charge in [-0.2, -0.15) is 0 Å². The Morgan fingerprint density at radius 1 is 0.968 bits per heavy atom. The highest BCUT2D eigenvalue weighted by molar-refractivity contribution is 7.89. The van der Waals surface area contributed by atoms with Gasteiger partial charge < -0.3 is 14.8 Å². The molecule has 1 aliphatic heterocycles. The maximum absolute atomic E-state index is 13.1. The number of sulfonamides is 1. The van der Waals surface area contributed by atoms with Crippen molar-refractivity contribution in [1.82, 2.24) is 10.0 Å². The van der Waals surface area contributed by atoms with Crippen LogP contribution in [-0.2, 0) is 14.8 Å². The standard InChI is InChI=1S/C23H22N2O5S/c1-29-14-13-24-31(27,28)17-8-6-7-16(15-17)23(26)25-22-18-9-2-4-11-20(18)30-21-12-5-3-10-19(21)22/h2-12,15,22,24H,13-14H2,1H3,(H,25,26). The van der Waals surface area contributed by atoms with Gasteiger partial charge in [-0.3, -0.25) is 4.79 Å². The van der Waals surface area contributed by atoms with Crippen molar-refractivity contribution in [2.45, 2.75) is 10.9 Å². The van der Waals surface area contributed by atoms with Crippen LogP contribution in [0.1, 0.15) is 27.5 Å². The average molecular weight is 439 g/mol. The van der Waals surface area contributed by atoms with E-state index in [1.165, 1.54) is 19.2 Å². The fourth-order valence-corrected chi connectivity index (χ4v) is 4.50. The highest BCUT2D eigenvalue weighted by atomic mass is 32.2. The molecule has 0 fully saturated rings. The first kappa shape index (κ1) is 21.0. The van der Waals surface area contributed by atoms with Gasteiger partial charge in [0, 0.05) is 30.3 Å². The molecule has 160 valence electrons. The zero-order valence-corrected chi connectivity index (χ0v) is 17.7. The van der Waals surface area contributed by atoms with Crippen molar-refractivity contribution in [3.63, 3.8) is 0 Å². The fourth-order valence-electron chi connectivity index (χ4n) is 3.45. The van der Waals surface area contributed by atoms with Crippen molar-refractivity contribution in [3.8, 4) is 11.5 Å². The van der Waals surface area contributed by atoms with Crippen LogP contribution >= 0.6 is 0 Å². The summed E-state index contributed by atoms with van der Waals surface area (Å²) in [6, 6.07) is 20.5. The number of nitrogens with one attached hydrogen (secondary N) is 2. The van der Waals surface area contributed by atoms with Gasteiger partial charge in [0.25, 0.3) is 5.91 Å². The first-order valence-electron chi connectivity index (χ1n) is 9.75.